The van der Waals surface area contributed by atoms with Crippen LogP contribution in [0.3, 0.4) is 0 Å². The van der Waals surface area contributed by atoms with Crippen LogP contribution in [-0.4, -0.2) is 33.3 Å². The molecule has 0 aromatic heterocycles. The van der Waals surface area contributed by atoms with Gasteiger partial charge in [-0.1, -0.05) is 42.3 Å². The van der Waals surface area contributed by atoms with Crippen LogP contribution in [0.25, 0.3) is 0 Å². The molecule has 2 aromatic rings. The molecule has 0 bridgehead atoms. The summed E-state index contributed by atoms with van der Waals surface area (Å²) in [5, 5.41) is 5.09. The van der Waals surface area contributed by atoms with Crippen molar-refractivity contribution in [1.29, 1.82) is 0 Å². The lowest BCUT2D eigenvalue weighted by atomic mass is 10.1. The standard InChI is InChI=1S/C21H23N3O4S/c1-3-12-22-20(25)11-13-23-21(26)18-10-9-16(2)19(14-18)29(27,28)24-15-17-7-5-4-6-8-17/h1,4-10,14,24H,11-13,15H2,2H3,(H,22,25)(H,23,26). The van der Waals surface area contributed by atoms with E-state index < -0.39 is 15.9 Å². The molecule has 3 N–H and O–H groups in total. The number of sulfonamides is 1. The SMILES string of the molecule is C#CCNC(=O)CCNC(=O)c1ccc(C)c(S(=O)(=O)NCc2ccccc2)c1. The first-order chi connectivity index (χ1) is 13.8. The Kier molecular flexibility index (Phi) is 7.95. The minimum atomic E-state index is -3.80. The summed E-state index contributed by atoms with van der Waals surface area (Å²) in [5.41, 5.74) is 1.54. The molecule has 0 saturated carbocycles. The number of benzene rings is 2. The molecule has 0 aliphatic rings. The van der Waals surface area contributed by atoms with E-state index in [1.54, 1.807) is 19.1 Å². The van der Waals surface area contributed by atoms with Crippen LogP contribution in [0.1, 0.15) is 27.9 Å². The van der Waals surface area contributed by atoms with Crippen molar-refractivity contribution in [2.45, 2.75) is 24.8 Å². The number of terminal acetylenes is 1. The number of hydrogen-bond donors (Lipinski definition) is 3. The molecule has 29 heavy (non-hydrogen) atoms. The summed E-state index contributed by atoms with van der Waals surface area (Å²) in [6.07, 6.45) is 5.13. The third-order valence-corrected chi connectivity index (χ3v) is 5.62. The maximum Gasteiger partial charge on any atom is 0.251 e. The lowest BCUT2D eigenvalue weighted by molar-refractivity contribution is -0.120. The zero-order chi connectivity index (χ0) is 21.3. The number of rotatable bonds is 9. The Morgan fingerprint density at radius 2 is 1.79 bits per heavy atom. The fraction of sp³-hybridized carbons (Fsp3) is 0.238. The molecule has 0 unspecified atom stereocenters. The highest BCUT2D eigenvalue weighted by Gasteiger charge is 2.19. The van der Waals surface area contributed by atoms with Crippen molar-refractivity contribution in [1.82, 2.24) is 15.4 Å². The molecule has 7 nitrogen and oxygen atoms in total. The van der Waals surface area contributed by atoms with Gasteiger partial charge in [-0.2, -0.15) is 0 Å². The van der Waals surface area contributed by atoms with Gasteiger partial charge in [-0.15, -0.1) is 6.42 Å². The van der Waals surface area contributed by atoms with Gasteiger partial charge in [0.2, 0.25) is 15.9 Å². The largest absolute Gasteiger partial charge is 0.352 e. The van der Waals surface area contributed by atoms with Crippen LogP contribution < -0.4 is 15.4 Å². The van der Waals surface area contributed by atoms with E-state index >= 15 is 0 Å². The lowest BCUT2D eigenvalue weighted by Crippen LogP contribution is -2.31. The molecule has 152 valence electrons. The molecule has 0 heterocycles. The molecular formula is C21H23N3O4S. The zero-order valence-corrected chi connectivity index (χ0v) is 16.9. The van der Waals surface area contributed by atoms with Gasteiger partial charge < -0.3 is 10.6 Å². The van der Waals surface area contributed by atoms with Crippen molar-refractivity contribution in [3.63, 3.8) is 0 Å². The lowest BCUT2D eigenvalue weighted by Gasteiger charge is -2.12. The molecule has 0 saturated heterocycles. The number of carbonyl (C=O) groups excluding carboxylic acids is 2. The molecule has 2 rings (SSSR count). The number of hydrogen-bond acceptors (Lipinski definition) is 4. The van der Waals surface area contributed by atoms with Gasteiger partial charge in [0.1, 0.15) is 0 Å². The zero-order valence-electron chi connectivity index (χ0n) is 16.1. The maximum atomic E-state index is 12.7. The third-order valence-electron chi connectivity index (χ3n) is 4.07. The normalized spacial score (nSPS) is 10.8. The van der Waals surface area contributed by atoms with E-state index in [1.807, 2.05) is 30.3 Å². The monoisotopic (exact) mass is 413 g/mol. The maximum absolute atomic E-state index is 12.7. The Bertz CT molecular complexity index is 1010. The Morgan fingerprint density at radius 3 is 2.48 bits per heavy atom. The number of aryl methyl sites for hydroxylation is 1. The second-order valence-electron chi connectivity index (χ2n) is 6.28. The van der Waals surface area contributed by atoms with Gasteiger partial charge in [0.05, 0.1) is 11.4 Å². The van der Waals surface area contributed by atoms with Gasteiger partial charge in [0.25, 0.3) is 5.91 Å². The van der Waals surface area contributed by atoms with Crippen molar-refractivity contribution in [3.8, 4) is 12.3 Å². The second kappa shape index (κ2) is 10.4. The smallest absolute Gasteiger partial charge is 0.251 e. The fourth-order valence-corrected chi connectivity index (χ4v) is 3.80. The number of amides is 2. The van der Waals surface area contributed by atoms with Crippen molar-refractivity contribution in [3.05, 3.63) is 65.2 Å². The Labute approximate surface area is 171 Å². The first kappa shape index (κ1) is 22.1. The number of carbonyl (C=O) groups is 2. The Balaban J connectivity index is 2.03. The van der Waals surface area contributed by atoms with Crippen LogP contribution in [0.5, 0.6) is 0 Å². The van der Waals surface area contributed by atoms with E-state index in [4.69, 9.17) is 6.42 Å². The molecule has 0 spiro atoms. The van der Waals surface area contributed by atoms with Gasteiger partial charge >= 0.3 is 0 Å². The van der Waals surface area contributed by atoms with Crippen LogP contribution in [-0.2, 0) is 21.4 Å². The highest BCUT2D eigenvalue weighted by molar-refractivity contribution is 7.89. The molecule has 0 fully saturated rings. The first-order valence-electron chi connectivity index (χ1n) is 8.96. The van der Waals surface area contributed by atoms with E-state index in [9.17, 15) is 18.0 Å². The third kappa shape index (κ3) is 6.75. The molecule has 0 atom stereocenters. The van der Waals surface area contributed by atoms with E-state index in [-0.39, 0.29) is 42.4 Å². The molecule has 2 amide bonds. The van der Waals surface area contributed by atoms with Crippen molar-refractivity contribution >= 4 is 21.8 Å². The minimum absolute atomic E-state index is 0.0350. The summed E-state index contributed by atoms with van der Waals surface area (Å²) >= 11 is 0. The Hall–Kier alpha value is -3.15. The topological polar surface area (TPSA) is 104 Å². The van der Waals surface area contributed by atoms with Crippen molar-refractivity contribution < 1.29 is 18.0 Å². The average molecular weight is 413 g/mol. The van der Waals surface area contributed by atoms with E-state index in [0.29, 0.717) is 5.56 Å². The van der Waals surface area contributed by atoms with Crippen LogP contribution in [0.4, 0.5) is 0 Å². The van der Waals surface area contributed by atoms with Crippen LogP contribution in [0, 0.1) is 19.3 Å². The van der Waals surface area contributed by atoms with Gasteiger partial charge in [-0.05, 0) is 30.2 Å². The fourth-order valence-electron chi connectivity index (χ4n) is 2.51. The van der Waals surface area contributed by atoms with E-state index in [0.717, 1.165) is 5.56 Å². The van der Waals surface area contributed by atoms with Gasteiger partial charge in [0, 0.05) is 25.1 Å². The van der Waals surface area contributed by atoms with E-state index in [1.165, 1.54) is 6.07 Å². The van der Waals surface area contributed by atoms with Gasteiger partial charge in [0.15, 0.2) is 0 Å². The summed E-state index contributed by atoms with van der Waals surface area (Å²) in [6.45, 7) is 2.04. The summed E-state index contributed by atoms with van der Waals surface area (Å²) < 4.78 is 27.9. The summed E-state index contributed by atoms with van der Waals surface area (Å²) in [7, 11) is -3.80. The molecule has 0 radical (unpaired) electrons. The van der Waals surface area contributed by atoms with Gasteiger partial charge in [-0.3, -0.25) is 9.59 Å². The number of nitrogens with one attached hydrogen (secondary N) is 3. The van der Waals surface area contributed by atoms with Crippen LogP contribution in [0.15, 0.2) is 53.4 Å². The highest BCUT2D eigenvalue weighted by atomic mass is 32.2. The van der Waals surface area contributed by atoms with Crippen LogP contribution in [0.2, 0.25) is 0 Å². The molecule has 0 aliphatic carbocycles. The predicted molar refractivity (Wildman–Crippen MR) is 110 cm³/mol. The average Bonchev–Trinajstić information content (AvgIpc) is 2.71. The quantitative estimate of drug-likeness (QED) is 0.540. The first-order valence-corrected chi connectivity index (χ1v) is 10.4. The van der Waals surface area contributed by atoms with Crippen LogP contribution >= 0.6 is 0 Å². The summed E-state index contributed by atoms with van der Waals surface area (Å²) in [4.78, 5) is 23.8. The predicted octanol–water partition coefficient (Wildman–Crippen LogP) is 1.34. The molecule has 0 aliphatic heterocycles. The van der Waals surface area contributed by atoms with Crippen molar-refractivity contribution in [2.24, 2.45) is 0 Å². The van der Waals surface area contributed by atoms with Crippen molar-refractivity contribution in [2.75, 3.05) is 13.1 Å². The molecular weight excluding hydrogens is 390 g/mol. The summed E-state index contributed by atoms with van der Waals surface area (Å²) in [5.74, 6) is 1.55. The molecule has 2 aromatic carbocycles. The Morgan fingerprint density at radius 1 is 1.07 bits per heavy atom. The second-order valence-corrected chi connectivity index (χ2v) is 8.01. The van der Waals surface area contributed by atoms with Gasteiger partial charge in [-0.25, -0.2) is 13.1 Å². The minimum Gasteiger partial charge on any atom is -0.352 e. The summed E-state index contributed by atoms with van der Waals surface area (Å²) in [6, 6.07) is 13.6. The highest BCUT2D eigenvalue weighted by Crippen LogP contribution is 2.17. The van der Waals surface area contributed by atoms with E-state index in [2.05, 4.69) is 21.3 Å². The molecule has 8 heteroatoms.